The number of hydrogen-bond donors (Lipinski definition) is 6. The number of aliphatic hydroxyl groups is 4. The Labute approximate surface area is 161 Å². The van der Waals surface area contributed by atoms with Crippen LogP contribution in [0.1, 0.15) is 11.1 Å². The maximum absolute atomic E-state index is 10.1. The van der Waals surface area contributed by atoms with Gasteiger partial charge in [-0.1, -0.05) is 24.3 Å². The summed E-state index contributed by atoms with van der Waals surface area (Å²) >= 11 is 0. The van der Waals surface area contributed by atoms with Crippen molar-refractivity contribution < 1.29 is 40.1 Å². The molecule has 8 nitrogen and oxygen atoms in total. The number of benzene rings is 2. The lowest BCUT2D eigenvalue weighted by molar-refractivity contribution is -0.277. The molecule has 0 aliphatic carbocycles. The normalized spacial score (nSPS) is 27.8. The van der Waals surface area contributed by atoms with Crippen LogP contribution in [0.5, 0.6) is 17.2 Å². The van der Waals surface area contributed by atoms with Gasteiger partial charge in [0.05, 0.1) is 6.61 Å². The first kappa shape index (κ1) is 20.1. The minimum atomic E-state index is -1.55. The Bertz CT molecular complexity index is 817. The van der Waals surface area contributed by atoms with E-state index in [-0.39, 0.29) is 17.2 Å². The van der Waals surface area contributed by atoms with Gasteiger partial charge in [-0.3, -0.25) is 0 Å². The van der Waals surface area contributed by atoms with Gasteiger partial charge in [-0.25, -0.2) is 0 Å². The first-order chi connectivity index (χ1) is 13.4. The minimum absolute atomic E-state index is 0.0903. The molecule has 5 atom stereocenters. The highest BCUT2D eigenvalue weighted by molar-refractivity contribution is 5.71. The van der Waals surface area contributed by atoms with Crippen LogP contribution in [0, 0.1) is 0 Å². The predicted molar refractivity (Wildman–Crippen MR) is 99.5 cm³/mol. The number of ether oxygens (including phenoxy) is 2. The summed E-state index contributed by atoms with van der Waals surface area (Å²) in [4.78, 5) is 0. The van der Waals surface area contributed by atoms with Crippen LogP contribution >= 0.6 is 0 Å². The Morgan fingerprint density at radius 1 is 0.821 bits per heavy atom. The maximum Gasteiger partial charge on any atom is 0.229 e. The average molecular weight is 390 g/mol. The van der Waals surface area contributed by atoms with Crippen molar-refractivity contribution in [3.63, 3.8) is 0 Å². The zero-order valence-electron chi connectivity index (χ0n) is 14.8. The van der Waals surface area contributed by atoms with Crippen molar-refractivity contribution in [1.82, 2.24) is 0 Å². The van der Waals surface area contributed by atoms with Gasteiger partial charge in [-0.2, -0.15) is 0 Å². The van der Waals surface area contributed by atoms with Gasteiger partial charge in [0, 0.05) is 6.07 Å². The lowest BCUT2D eigenvalue weighted by Crippen LogP contribution is -2.60. The molecule has 2 aromatic rings. The fourth-order valence-corrected chi connectivity index (χ4v) is 2.85. The number of aliphatic hydroxyl groups excluding tert-OH is 4. The number of rotatable bonds is 5. The molecule has 0 spiro atoms. The van der Waals surface area contributed by atoms with E-state index in [4.69, 9.17) is 9.47 Å². The Hall–Kier alpha value is -2.62. The SMILES string of the molecule is OC[C@@H]1O[C@H](Oc2cc(O)cc(C=Cc3ccc(O)cc3)c2)[C@H](O)[C@H](O)[C@@H]1O. The van der Waals surface area contributed by atoms with E-state index in [1.165, 1.54) is 12.1 Å². The largest absolute Gasteiger partial charge is 0.508 e. The molecular formula is C20H22O8. The molecule has 0 unspecified atom stereocenters. The molecule has 28 heavy (non-hydrogen) atoms. The second-order valence-electron chi connectivity index (χ2n) is 6.50. The van der Waals surface area contributed by atoms with E-state index in [2.05, 4.69) is 0 Å². The molecule has 0 aromatic heterocycles. The molecule has 150 valence electrons. The first-order valence-electron chi connectivity index (χ1n) is 8.65. The lowest BCUT2D eigenvalue weighted by atomic mass is 9.99. The van der Waals surface area contributed by atoms with Gasteiger partial charge in [0.15, 0.2) is 0 Å². The second kappa shape index (κ2) is 8.59. The van der Waals surface area contributed by atoms with E-state index in [1.807, 2.05) is 0 Å². The molecule has 0 saturated carbocycles. The van der Waals surface area contributed by atoms with Crippen LogP contribution in [0.2, 0.25) is 0 Å². The molecule has 0 radical (unpaired) electrons. The topological polar surface area (TPSA) is 140 Å². The zero-order valence-corrected chi connectivity index (χ0v) is 14.8. The molecule has 1 heterocycles. The van der Waals surface area contributed by atoms with Crippen LogP contribution in [-0.2, 0) is 4.74 Å². The van der Waals surface area contributed by atoms with Crippen molar-refractivity contribution in [2.75, 3.05) is 6.61 Å². The summed E-state index contributed by atoms with van der Waals surface area (Å²) in [7, 11) is 0. The van der Waals surface area contributed by atoms with E-state index in [1.54, 1.807) is 42.5 Å². The number of hydrogen-bond acceptors (Lipinski definition) is 8. The van der Waals surface area contributed by atoms with Crippen molar-refractivity contribution in [3.8, 4) is 17.2 Å². The third kappa shape index (κ3) is 4.61. The Morgan fingerprint density at radius 3 is 2.18 bits per heavy atom. The van der Waals surface area contributed by atoms with Gasteiger partial charge in [0.1, 0.15) is 41.7 Å². The Morgan fingerprint density at radius 2 is 1.50 bits per heavy atom. The minimum Gasteiger partial charge on any atom is -0.508 e. The van der Waals surface area contributed by atoms with Gasteiger partial charge in [0.2, 0.25) is 6.29 Å². The van der Waals surface area contributed by atoms with E-state index < -0.39 is 37.3 Å². The summed E-state index contributed by atoms with van der Waals surface area (Å²) in [6.07, 6.45) is -3.52. The fourth-order valence-electron chi connectivity index (χ4n) is 2.85. The van der Waals surface area contributed by atoms with Gasteiger partial charge in [-0.05, 0) is 35.4 Å². The van der Waals surface area contributed by atoms with E-state index >= 15 is 0 Å². The highest BCUT2D eigenvalue weighted by Gasteiger charge is 2.44. The quantitative estimate of drug-likeness (QED) is 0.405. The molecule has 3 rings (SSSR count). The highest BCUT2D eigenvalue weighted by atomic mass is 16.7. The fraction of sp³-hybridized carbons (Fsp3) is 0.300. The van der Waals surface area contributed by atoms with Crippen LogP contribution < -0.4 is 4.74 Å². The summed E-state index contributed by atoms with van der Waals surface area (Å²) in [5.74, 6) is 0.229. The molecule has 0 amide bonds. The molecule has 6 N–H and O–H groups in total. The number of aromatic hydroxyl groups is 2. The predicted octanol–water partition coefficient (Wildman–Crippen LogP) is 0.447. The van der Waals surface area contributed by atoms with Crippen molar-refractivity contribution in [2.45, 2.75) is 30.7 Å². The second-order valence-corrected chi connectivity index (χ2v) is 6.50. The molecule has 1 aliphatic heterocycles. The molecule has 1 fully saturated rings. The molecule has 8 heteroatoms. The Kier molecular flexibility index (Phi) is 6.18. The summed E-state index contributed by atoms with van der Waals surface area (Å²) < 4.78 is 10.8. The summed E-state index contributed by atoms with van der Waals surface area (Å²) in [5.41, 5.74) is 1.42. The number of phenols is 2. The zero-order chi connectivity index (χ0) is 20.3. The highest BCUT2D eigenvalue weighted by Crippen LogP contribution is 2.28. The molecule has 1 saturated heterocycles. The third-order valence-corrected chi connectivity index (χ3v) is 4.38. The average Bonchev–Trinajstić information content (AvgIpc) is 2.67. The van der Waals surface area contributed by atoms with Crippen molar-refractivity contribution in [1.29, 1.82) is 0 Å². The van der Waals surface area contributed by atoms with Crippen molar-refractivity contribution in [3.05, 3.63) is 53.6 Å². The Balaban J connectivity index is 1.76. The van der Waals surface area contributed by atoms with Crippen LogP contribution in [0.3, 0.4) is 0 Å². The van der Waals surface area contributed by atoms with Crippen LogP contribution in [0.25, 0.3) is 12.2 Å². The monoisotopic (exact) mass is 390 g/mol. The van der Waals surface area contributed by atoms with E-state index in [0.29, 0.717) is 5.56 Å². The van der Waals surface area contributed by atoms with Gasteiger partial charge in [0.25, 0.3) is 0 Å². The molecule has 0 bridgehead atoms. The number of phenolic OH excluding ortho intramolecular Hbond substituents is 2. The van der Waals surface area contributed by atoms with Gasteiger partial charge >= 0.3 is 0 Å². The van der Waals surface area contributed by atoms with Gasteiger partial charge < -0.3 is 40.1 Å². The molecule has 2 aromatic carbocycles. The summed E-state index contributed by atoms with van der Waals surface area (Å²) in [5, 5.41) is 58.2. The standard InChI is InChI=1S/C20H22O8/c21-10-16-17(24)18(25)19(26)20(28-16)27-15-8-12(7-14(23)9-15)2-1-11-3-5-13(22)6-4-11/h1-9,16-26H,10H2/t16-,17+,18+,19+,20-/m0/s1. The molecular weight excluding hydrogens is 368 g/mol. The molecule has 1 aliphatic rings. The maximum atomic E-state index is 10.1. The van der Waals surface area contributed by atoms with Crippen molar-refractivity contribution in [2.24, 2.45) is 0 Å². The van der Waals surface area contributed by atoms with Crippen molar-refractivity contribution >= 4 is 12.2 Å². The van der Waals surface area contributed by atoms with E-state index in [0.717, 1.165) is 5.56 Å². The summed E-state index contributed by atoms with van der Waals surface area (Å²) in [6, 6.07) is 10.9. The van der Waals surface area contributed by atoms with E-state index in [9.17, 15) is 30.6 Å². The first-order valence-corrected chi connectivity index (χ1v) is 8.65. The smallest absolute Gasteiger partial charge is 0.229 e. The third-order valence-electron chi connectivity index (χ3n) is 4.38. The summed E-state index contributed by atoms with van der Waals surface area (Å²) in [6.45, 7) is -0.564. The lowest BCUT2D eigenvalue weighted by Gasteiger charge is -2.39. The van der Waals surface area contributed by atoms with Gasteiger partial charge in [-0.15, -0.1) is 0 Å². The van der Waals surface area contributed by atoms with Crippen LogP contribution in [0.15, 0.2) is 42.5 Å². The van der Waals surface area contributed by atoms with Crippen LogP contribution in [-0.4, -0.2) is 68.0 Å². The van der Waals surface area contributed by atoms with Crippen LogP contribution in [0.4, 0.5) is 0 Å².